The van der Waals surface area contributed by atoms with Gasteiger partial charge in [0.15, 0.2) is 5.69 Å². The van der Waals surface area contributed by atoms with Crippen molar-refractivity contribution in [2.24, 2.45) is 0 Å². The lowest BCUT2D eigenvalue weighted by Gasteiger charge is -2.12. The quantitative estimate of drug-likeness (QED) is 0.865. The van der Waals surface area contributed by atoms with E-state index in [0.29, 0.717) is 16.6 Å². The first-order chi connectivity index (χ1) is 9.13. The summed E-state index contributed by atoms with van der Waals surface area (Å²) in [6.07, 6.45) is 5.00. The van der Waals surface area contributed by atoms with Gasteiger partial charge in [-0.15, -0.1) is 0 Å². The second-order valence-corrected chi connectivity index (χ2v) is 6.43. The molecule has 2 atom stereocenters. The Labute approximate surface area is 118 Å². The lowest BCUT2D eigenvalue weighted by Crippen LogP contribution is -2.33. The van der Waals surface area contributed by atoms with Crippen LogP contribution in [-0.4, -0.2) is 32.7 Å². The highest BCUT2D eigenvalue weighted by atomic mass is 32.2. The van der Waals surface area contributed by atoms with Gasteiger partial charge in [-0.25, -0.2) is 0 Å². The van der Waals surface area contributed by atoms with Crippen LogP contribution in [-0.2, 0) is 6.54 Å². The van der Waals surface area contributed by atoms with Crippen LogP contribution in [0.3, 0.4) is 0 Å². The molecular formula is C13H22N4OS. The molecule has 3 N–H and O–H groups in total. The molecule has 1 saturated carbocycles. The van der Waals surface area contributed by atoms with Crippen LogP contribution in [0.2, 0.25) is 0 Å². The number of nitrogens with zero attached hydrogens (tertiary/aromatic N) is 2. The predicted octanol–water partition coefficient (Wildman–Crippen LogP) is 1.89. The first-order valence-corrected chi connectivity index (χ1v) is 7.94. The van der Waals surface area contributed by atoms with Gasteiger partial charge in [0.25, 0.3) is 5.91 Å². The van der Waals surface area contributed by atoms with Crippen LogP contribution < -0.4 is 11.1 Å². The van der Waals surface area contributed by atoms with E-state index in [0.717, 1.165) is 25.1 Å². The number of nitrogen functional groups attached to an aromatic ring is 1. The fourth-order valence-corrected chi connectivity index (χ4v) is 3.63. The summed E-state index contributed by atoms with van der Waals surface area (Å²) in [5, 5.41) is 7.94. The summed E-state index contributed by atoms with van der Waals surface area (Å²) in [5.74, 6) is 0.996. The molecule has 1 heterocycles. The molecule has 0 saturated heterocycles. The first kappa shape index (κ1) is 14.2. The Bertz CT molecular complexity index is 446. The molecule has 0 aromatic carbocycles. The van der Waals surface area contributed by atoms with Gasteiger partial charge in [0.1, 0.15) is 0 Å². The van der Waals surface area contributed by atoms with Gasteiger partial charge in [0, 0.05) is 24.0 Å². The van der Waals surface area contributed by atoms with Crippen molar-refractivity contribution in [3.05, 3.63) is 11.9 Å². The third kappa shape index (κ3) is 3.43. The van der Waals surface area contributed by atoms with Crippen molar-refractivity contribution < 1.29 is 4.79 Å². The van der Waals surface area contributed by atoms with Crippen molar-refractivity contribution in [3.8, 4) is 0 Å². The van der Waals surface area contributed by atoms with Crippen LogP contribution in [0.15, 0.2) is 6.20 Å². The Morgan fingerprint density at radius 2 is 2.37 bits per heavy atom. The van der Waals surface area contributed by atoms with Gasteiger partial charge in [-0.2, -0.15) is 16.9 Å². The zero-order chi connectivity index (χ0) is 13.8. The maximum Gasteiger partial charge on any atom is 0.274 e. The summed E-state index contributed by atoms with van der Waals surface area (Å²) in [6, 6.07) is 0.266. The van der Waals surface area contributed by atoms with Crippen LogP contribution in [0.4, 0.5) is 5.69 Å². The first-order valence-electron chi connectivity index (χ1n) is 6.89. The summed E-state index contributed by atoms with van der Waals surface area (Å²) in [5.41, 5.74) is 6.63. The number of anilines is 1. The molecule has 0 spiro atoms. The highest BCUT2D eigenvalue weighted by Gasteiger charge is 2.27. The monoisotopic (exact) mass is 282 g/mol. The molecule has 1 aromatic heterocycles. The summed E-state index contributed by atoms with van der Waals surface area (Å²) in [7, 11) is 0. The van der Waals surface area contributed by atoms with E-state index in [-0.39, 0.29) is 11.9 Å². The minimum Gasteiger partial charge on any atom is -0.396 e. The summed E-state index contributed by atoms with van der Waals surface area (Å²) >= 11 is 1.98. The standard InChI is InChI=1S/C13H22N4OS/c1-3-17-8-11(14)12(16-17)13(18)15-9-5-6-10(7-9)19-4-2/h8-10H,3-7,14H2,1-2H3,(H,15,18). The van der Waals surface area contributed by atoms with Crippen LogP contribution >= 0.6 is 11.8 Å². The van der Waals surface area contributed by atoms with Gasteiger partial charge in [0.05, 0.1) is 5.69 Å². The van der Waals surface area contributed by atoms with Crippen LogP contribution in [0.1, 0.15) is 43.6 Å². The Balaban J connectivity index is 1.92. The maximum absolute atomic E-state index is 12.1. The number of nitrogens with two attached hydrogens (primary N) is 1. The number of thioether (sulfide) groups is 1. The summed E-state index contributed by atoms with van der Waals surface area (Å²) < 4.78 is 1.69. The van der Waals surface area contributed by atoms with Gasteiger partial charge in [-0.05, 0) is 31.9 Å². The van der Waals surface area contributed by atoms with Crippen molar-refractivity contribution in [1.29, 1.82) is 0 Å². The molecule has 19 heavy (non-hydrogen) atoms. The third-order valence-corrected chi connectivity index (χ3v) is 4.68. The lowest BCUT2D eigenvalue weighted by molar-refractivity contribution is 0.0933. The van der Waals surface area contributed by atoms with Crippen molar-refractivity contribution in [2.45, 2.75) is 50.9 Å². The van der Waals surface area contributed by atoms with E-state index in [4.69, 9.17) is 5.73 Å². The highest BCUT2D eigenvalue weighted by Crippen LogP contribution is 2.29. The van der Waals surface area contributed by atoms with Crippen molar-refractivity contribution in [1.82, 2.24) is 15.1 Å². The lowest BCUT2D eigenvalue weighted by atomic mass is 10.2. The molecule has 2 rings (SSSR count). The van der Waals surface area contributed by atoms with E-state index in [1.165, 1.54) is 6.42 Å². The fourth-order valence-electron chi connectivity index (χ4n) is 2.49. The molecule has 1 aliphatic rings. The molecule has 1 aliphatic carbocycles. The number of aromatic nitrogens is 2. The normalized spacial score (nSPS) is 22.6. The second kappa shape index (κ2) is 6.32. The summed E-state index contributed by atoms with van der Waals surface area (Å²) in [4.78, 5) is 12.1. The number of carbonyl (C=O) groups excluding carboxylic acids is 1. The zero-order valence-electron chi connectivity index (χ0n) is 11.6. The molecule has 0 radical (unpaired) electrons. The van der Waals surface area contributed by atoms with Gasteiger partial charge in [-0.1, -0.05) is 6.92 Å². The SMILES string of the molecule is CCSC1CCC(NC(=O)c2nn(CC)cc2N)C1. The number of amides is 1. The van der Waals surface area contributed by atoms with E-state index >= 15 is 0 Å². The van der Waals surface area contributed by atoms with Gasteiger partial charge in [0.2, 0.25) is 0 Å². The molecular weight excluding hydrogens is 260 g/mol. The van der Waals surface area contributed by atoms with Crippen molar-refractivity contribution >= 4 is 23.4 Å². The number of rotatable bonds is 5. The Morgan fingerprint density at radius 3 is 3.00 bits per heavy atom. The third-order valence-electron chi connectivity index (χ3n) is 3.45. The fraction of sp³-hybridized carbons (Fsp3) is 0.692. The van der Waals surface area contributed by atoms with E-state index in [1.54, 1.807) is 10.9 Å². The van der Waals surface area contributed by atoms with Crippen LogP contribution in [0.25, 0.3) is 0 Å². The topological polar surface area (TPSA) is 72.9 Å². The van der Waals surface area contributed by atoms with E-state index in [1.807, 2.05) is 18.7 Å². The number of hydrogen-bond donors (Lipinski definition) is 2. The number of aryl methyl sites for hydroxylation is 1. The molecule has 0 bridgehead atoms. The number of carbonyl (C=O) groups is 1. The minimum absolute atomic E-state index is 0.142. The molecule has 106 valence electrons. The van der Waals surface area contributed by atoms with E-state index in [9.17, 15) is 4.79 Å². The van der Waals surface area contributed by atoms with Gasteiger partial charge >= 0.3 is 0 Å². The molecule has 1 amide bonds. The van der Waals surface area contributed by atoms with Crippen LogP contribution in [0.5, 0.6) is 0 Å². The molecule has 0 aliphatic heterocycles. The average molecular weight is 282 g/mol. The van der Waals surface area contributed by atoms with E-state index < -0.39 is 0 Å². The number of nitrogens with one attached hydrogen (secondary N) is 1. The molecule has 6 heteroatoms. The van der Waals surface area contributed by atoms with Gasteiger partial charge < -0.3 is 11.1 Å². The summed E-state index contributed by atoms with van der Waals surface area (Å²) in [6.45, 7) is 4.86. The Morgan fingerprint density at radius 1 is 1.58 bits per heavy atom. The smallest absolute Gasteiger partial charge is 0.274 e. The highest BCUT2D eigenvalue weighted by molar-refractivity contribution is 7.99. The minimum atomic E-state index is -0.142. The largest absolute Gasteiger partial charge is 0.396 e. The molecule has 1 fully saturated rings. The molecule has 1 aromatic rings. The second-order valence-electron chi connectivity index (χ2n) is 4.85. The number of hydrogen-bond acceptors (Lipinski definition) is 4. The van der Waals surface area contributed by atoms with E-state index in [2.05, 4.69) is 17.3 Å². The predicted molar refractivity (Wildman–Crippen MR) is 79.3 cm³/mol. The maximum atomic E-state index is 12.1. The van der Waals surface area contributed by atoms with Crippen molar-refractivity contribution in [3.63, 3.8) is 0 Å². The van der Waals surface area contributed by atoms with Gasteiger partial charge in [-0.3, -0.25) is 9.48 Å². The Kier molecular flexibility index (Phi) is 4.74. The van der Waals surface area contributed by atoms with Crippen LogP contribution in [0, 0.1) is 0 Å². The molecule has 2 unspecified atom stereocenters. The zero-order valence-corrected chi connectivity index (χ0v) is 12.4. The average Bonchev–Trinajstić information content (AvgIpc) is 2.96. The molecule has 5 nitrogen and oxygen atoms in total. The Hall–Kier alpha value is -1.17. The van der Waals surface area contributed by atoms with Crippen molar-refractivity contribution in [2.75, 3.05) is 11.5 Å².